The zero-order valence-electron chi connectivity index (χ0n) is 13.7. The van der Waals surface area contributed by atoms with Crippen molar-refractivity contribution in [1.82, 2.24) is 10.2 Å². The Bertz CT molecular complexity index is 246. The highest BCUT2D eigenvalue weighted by atomic mass is 16.5. The molecule has 0 amide bonds. The molecule has 0 aromatic carbocycles. The van der Waals surface area contributed by atoms with E-state index < -0.39 is 0 Å². The molecule has 0 aromatic rings. The van der Waals surface area contributed by atoms with E-state index in [0.29, 0.717) is 0 Å². The van der Waals surface area contributed by atoms with E-state index in [2.05, 4.69) is 44.8 Å². The van der Waals surface area contributed by atoms with E-state index in [0.717, 1.165) is 26.3 Å². The molecule has 1 N–H and O–H groups in total. The van der Waals surface area contributed by atoms with Crippen molar-refractivity contribution in [3.05, 3.63) is 0 Å². The number of nitrogens with one attached hydrogen (secondary N) is 1. The number of unbranched alkanes of at least 4 members (excludes halogenated alkanes) is 3. The Morgan fingerprint density at radius 2 is 1.79 bits per heavy atom. The molecular weight excluding hydrogens is 236 g/mol. The lowest BCUT2D eigenvalue weighted by Crippen LogP contribution is -2.53. The highest BCUT2D eigenvalue weighted by Crippen LogP contribution is 2.19. The van der Waals surface area contributed by atoms with Crippen molar-refractivity contribution < 1.29 is 4.74 Å². The normalized spacial score (nSPS) is 20.7. The van der Waals surface area contributed by atoms with Crippen LogP contribution in [0.3, 0.4) is 0 Å². The topological polar surface area (TPSA) is 24.5 Å². The fourth-order valence-electron chi connectivity index (χ4n) is 2.55. The quantitative estimate of drug-likeness (QED) is 0.720. The lowest BCUT2D eigenvalue weighted by molar-refractivity contribution is -0.0513. The predicted molar refractivity (Wildman–Crippen MR) is 82.7 cm³/mol. The van der Waals surface area contributed by atoms with Gasteiger partial charge in [-0.1, -0.05) is 12.8 Å². The van der Waals surface area contributed by atoms with Crippen LogP contribution in [0.4, 0.5) is 0 Å². The molecule has 1 rings (SSSR count). The first-order valence-electron chi connectivity index (χ1n) is 7.89. The highest BCUT2D eigenvalue weighted by Gasteiger charge is 2.29. The van der Waals surface area contributed by atoms with Crippen LogP contribution in [0.2, 0.25) is 0 Å². The van der Waals surface area contributed by atoms with Crippen LogP contribution in [0, 0.1) is 0 Å². The van der Waals surface area contributed by atoms with Crippen LogP contribution in [0.15, 0.2) is 0 Å². The largest absolute Gasteiger partial charge is 0.378 e. The van der Waals surface area contributed by atoms with Crippen molar-refractivity contribution in [2.24, 2.45) is 0 Å². The molecule has 1 aliphatic heterocycles. The number of nitrogens with zero attached hydrogens (tertiary/aromatic N) is 1. The lowest BCUT2D eigenvalue weighted by Gasteiger charge is -2.42. The van der Waals surface area contributed by atoms with E-state index >= 15 is 0 Å². The molecule has 0 radical (unpaired) electrons. The van der Waals surface area contributed by atoms with Gasteiger partial charge < -0.3 is 10.1 Å². The number of ether oxygens (including phenoxy) is 1. The van der Waals surface area contributed by atoms with Crippen LogP contribution in [0.25, 0.3) is 0 Å². The number of hydrogen-bond donors (Lipinski definition) is 1. The van der Waals surface area contributed by atoms with Crippen molar-refractivity contribution >= 4 is 0 Å². The van der Waals surface area contributed by atoms with Gasteiger partial charge in [-0.25, -0.2) is 0 Å². The van der Waals surface area contributed by atoms with Gasteiger partial charge in [-0.05, 0) is 60.5 Å². The molecule has 3 nitrogen and oxygen atoms in total. The molecule has 1 aliphatic rings. The second-order valence-corrected chi connectivity index (χ2v) is 7.44. The van der Waals surface area contributed by atoms with Gasteiger partial charge >= 0.3 is 0 Å². The van der Waals surface area contributed by atoms with Crippen molar-refractivity contribution in [2.45, 2.75) is 71.4 Å². The second-order valence-electron chi connectivity index (χ2n) is 7.44. The van der Waals surface area contributed by atoms with Crippen LogP contribution in [0.5, 0.6) is 0 Å². The molecule has 0 saturated carbocycles. The average molecular weight is 270 g/mol. The summed E-state index contributed by atoms with van der Waals surface area (Å²) in [5.74, 6) is 0. The van der Waals surface area contributed by atoms with Gasteiger partial charge in [0, 0.05) is 17.6 Å². The summed E-state index contributed by atoms with van der Waals surface area (Å²) >= 11 is 0. The Labute approximate surface area is 120 Å². The molecule has 19 heavy (non-hydrogen) atoms. The minimum absolute atomic E-state index is 0.228. The highest BCUT2D eigenvalue weighted by molar-refractivity contribution is 4.84. The Morgan fingerprint density at radius 1 is 1.11 bits per heavy atom. The van der Waals surface area contributed by atoms with E-state index in [-0.39, 0.29) is 11.1 Å². The minimum Gasteiger partial charge on any atom is -0.378 e. The first kappa shape index (κ1) is 16.9. The van der Waals surface area contributed by atoms with Crippen LogP contribution in [0.1, 0.15) is 60.3 Å². The monoisotopic (exact) mass is 270 g/mol. The maximum absolute atomic E-state index is 5.56. The molecule has 0 spiro atoms. The maximum Gasteiger partial charge on any atom is 0.0645 e. The Kier molecular flexibility index (Phi) is 6.78. The molecule has 1 fully saturated rings. The predicted octanol–water partition coefficient (Wildman–Crippen LogP) is 3.05. The standard InChI is InChI=1S/C16H34N2O/c1-15(2,3)17-10-8-6-7-9-11-18-12-13-19-14-16(18,4)5/h17H,6-14H2,1-5H3. The molecule has 0 unspecified atom stereocenters. The first-order valence-corrected chi connectivity index (χ1v) is 7.89. The summed E-state index contributed by atoms with van der Waals surface area (Å²) in [4.78, 5) is 2.59. The molecule has 1 saturated heterocycles. The fraction of sp³-hybridized carbons (Fsp3) is 1.00. The Morgan fingerprint density at radius 3 is 2.42 bits per heavy atom. The minimum atomic E-state index is 0.228. The summed E-state index contributed by atoms with van der Waals surface area (Å²) in [6, 6.07) is 0. The number of morpholine rings is 1. The van der Waals surface area contributed by atoms with E-state index in [1.807, 2.05) is 0 Å². The summed E-state index contributed by atoms with van der Waals surface area (Å²) < 4.78 is 5.56. The molecule has 114 valence electrons. The maximum atomic E-state index is 5.56. The van der Waals surface area contributed by atoms with Crippen molar-refractivity contribution in [2.75, 3.05) is 32.8 Å². The second kappa shape index (κ2) is 7.61. The zero-order valence-corrected chi connectivity index (χ0v) is 13.7. The van der Waals surface area contributed by atoms with Crippen LogP contribution >= 0.6 is 0 Å². The third-order valence-electron chi connectivity index (χ3n) is 3.83. The fourth-order valence-corrected chi connectivity index (χ4v) is 2.55. The van der Waals surface area contributed by atoms with Crippen molar-refractivity contribution in [3.8, 4) is 0 Å². The number of hydrogen-bond acceptors (Lipinski definition) is 3. The van der Waals surface area contributed by atoms with Crippen LogP contribution < -0.4 is 5.32 Å². The van der Waals surface area contributed by atoms with E-state index in [1.54, 1.807) is 0 Å². The van der Waals surface area contributed by atoms with Gasteiger partial charge in [0.05, 0.1) is 13.2 Å². The summed E-state index contributed by atoms with van der Waals surface area (Å²) in [7, 11) is 0. The van der Waals surface area contributed by atoms with Gasteiger partial charge in [-0.2, -0.15) is 0 Å². The summed E-state index contributed by atoms with van der Waals surface area (Å²) in [6.45, 7) is 16.5. The third-order valence-corrected chi connectivity index (χ3v) is 3.83. The van der Waals surface area contributed by atoms with Gasteiger partial charge in [-0.15, -0.1) is 0 Å². The molecular formula is C16H34N2O. The van der Waals surface area contributed by atoms with Gasteiger partial charge in [0.2, 0.25) is 0 Å². The van der Waals surface area contributed by atoms with E-state index in [4.69, 9.17) is 4.74 Å². The van der Waals surface area contributed by atoms with Gasteiger partial charge in [0.1, 0.15) is 0 Å². The third kappa shape index (κ3) is 7.28. The SMILES string of the molecule is CC(C)(C)NCCCCCCN1CCOCC1(C)C. The molecule has 0 aromatic heterocycles. The Hall–Kier alpha value is -0.120. The van der Waals surface area contributed by atoms with Crippen LogP contribution in [-0.2, 0) is 4.74 Å². The first-order chi connectivity index (χ1) is 8.81. The molecule has 0 atom stereocenters. The van der Waals surface area contributed by atoms with Gasteiger partial charge in [0.25, 0.3) is 0 Å². The summed E-state index contributed by atoms with van der Waals surface area (Å²) in [5.41, 5.74) is 0.490. The van der Waals surface area contributed by atoms with Gasteiger partial charge in [0.15, 0.2) is 0 Å². The Balaban J connectivity index is 2.01. The zero-order chi connectivity index (χ0) is 14.4. The molecule has 0 bridgehead atoms. The van der Waals surface area contributed by atoms with Crippen molar-refractivity contribution in [1.29, 1.82) is 0 Å². The van der Waals surface area contributed by atoms with Crippen molar-refractivity contribution in [3.63, 3.8) is 0 Å². The van der Waals surface area contributed by atoms with Crippen LogP contribution in [-0.4, -0.2) is 48.8 Å². The number of rotatable bonds is 7. The summed E-state index contributed by atoms with van der Waals surface area (Å²) in [6.07, 6.45) is 5.30. The van der Waals surface area contributed by atoms with Gasteiger partial charge in [-0.3, -0.25) is 4.90 Å². The van der Waals surface area contributed by atoms with E-state index in [9.17, 15) is 0 Å². The summed E-state index contributed by atoms with van der Waals surface area (Å²) in [5, 5.41) is 3.55. The lowest BCUT2D eigenvalue weighted by atomic mass is 10.0. The average Bonchev–Trinajstić information content (AvgIpc) is 2.28. The molecule has 3 heteroatoms. The molecule has 0 aliphatic carbocycles. The smallest absolute Gasteiger partial charge is 0.0645 e. The van der Waals surface area contributed by atoms with E-state index in [1.165, 1.54) is 32.2 Å². The molecule has 1 heterocycles.